The van der Waals surface area contributed by atoms with Crippen LogP contribution in [-0.2, 0) is 0 Å². The molecule has 36 heavy (non-hydrogen) atoms. The van der Waals surface area contributed by atoms with Gasteiger partial charge in [-0.15, -0.1) is 0 Å². The lowest BCUT2D eigenvalue weighted by Crippen LogP contribution is -1.84. The quantitative estimate of drug-likeness (QED) is 0.240. The zero-order valence-corrected chi connectivity index (χ0v) is 19.4. The molecule has 0 bridgehead atoms. The third kappa shape index (κ3) is 2.79. The highest BCUT2D eigenvalue weighted by Crippen LogP contribution is 2.38. The van der Waals surface area contributed by atoms with Crippen molar-refractivity contribution in [3.05, 3.63) is 121 Å². The Kier molecular flexibility index (Phi) is 3.97. The topological polar surface area (TPSA) is 26.3 Å². The summed E-state index contributed by atoms with van der Waals surface area (Å²) in [6.07, 6.45) is 0. The maximum absolute atomic E-state index is 6.41. The van der Waals surface area contributed by atoms with Crippen LogP contribution in [0.5, 0.6) is 0 Å². The first-order valence-electron chi connectivity index (χ1n) is 12.2. The van der Waals surface area contributed by atoms with Gasteiger partial charge in [0.25, 0.3) is 0 Å². The normalized spacial score (nSPS) is 11.9. The minimum Gasteiger partial charge on any atom is -0.456 e. The van der Waals surface area contributed by atoms with Crippen molar-refractivity contribution in [2.75, 3.05) is 0 Å². The van der Waals surface area contributed by atoms with Crippen molar-refractivity contribution >= 4 is 54.3 Å². The minimum atomic E-state index is 0.848. The van der Waals surface area contributed by atoms with Gasteiger partial charge in [0.1, 0.15) is 22.7 Å². The lowest BCUT2D eigenvalue weighted by Gasteiger charge is -2.11. The molecule has 2 heterocycles. The van der Waals surface area contributed by atoms with Gasteiger partial charge in [-0.3, -0.25) is 0 Å². The first-order valence-corrected chi connectivity index (χ1v) is 12.2. The molecule has 0 saturated carbocycles. The van der Waals surface area contributed by atoms with Crippen LogP contribution in [0.25, 0.3) is 76.9 Å². The number of para-hydroxylation sites is 1. The van der Waals surface area contributed by atoms with Gasteiger partial charge in [0.15, 0.2) is 0 Å². The molecule has 8 rings (SSSR count). The lowest BCUT2D eigenvalue weighted by molar-refractivity contribution is 0.597. The summed E-state index contributed by atoms with van der Waals surface area (Å²) in [6, 6.07) is 42.5. The van der Waals surface area contributed by atoms with Gasteiger partial charge < -0.3 is 8.83 Å². The molecule has 0 radical (unpaired) electrons. The third-order valence-corrected chi connectivity index (χ3v) is 7.30. The van der Waals surface area contributed by atoms with Crippen LogP contribution in [0.1, 0.15) is 0 Å². The van der Waals surface area contributed by atoms with Crippen molar-refractivity contribution in [2.24, 2.45) is 0 Å². The first kappa shape index (κ1) is 19.5. The molecule has 2 aromatic heterocycles. The molecule has 2 nitrogen and oxygen atoms in total. The third-order valence-electron chi connectivity index (χ3n) is 7.30. The van der Waals surface area contributed by atoms with Crippen LogP contribution in [-0.4, -0.2) is 0 Å². The van der Waals surface area contributed by atoms with Crippen LogP contribution in [0, 0.1) is 0 Å². The Labute approximate surface area is 207 Å². The summed E-state index contributed by atoms with van der Waals surface area (Å²) in [5.74, 6) is 1.71. The van der Waals surface area contributed by atoms with E-state index in [0.29, 0.717) is 0 Å². The highest BCUT2D eigenvalue weighted by Gasteiger charge is 2.13. The molecule has 0 spiro atoms. The number of hydrogen-bond donors (Lipinski definition) is 0. The van der Waals surface area contributed by atoms with E-state index in [0.717, 1.165) is 44.6 Å². The van der Waals surface area contributed by atoms with Crippen molar-refractivity contribution in [1.29, 1.82) is 0 Å². The average molecular weight is 461 g/mol. The van der Waals surface area contributed by atoms with Gasteiger partial charge in [0.2, 0.25) is 0 Å². The second kappa shape index (κ2) is 7.34. The summed E-state index contributed by atoms with van der Waals surface area (Å²) in [5, 5.41) is 9.83. The van der Waals surface area contributed by atoms with Crippen LogP contribution < -0.4 is 0 Å². The Hall–Kier alpha value is -4.82. The second-order valence-corrected chi connectivity index (χ2v) is 9.32. The standard InChI is InChI=1S/C34H20O2/c1-2-9-25-23(7-1)24-8-3-4-10-26(24)29-19-21(13-15-27(25)29)31-17-18-32(35-31)22-14-16-34-30(20-22)28-11-5-6-12-33(28)36-34/h1-20H. The lowest BCUT2D eigenvalue weighted by atomic mass is 9.93. The Morgan fingerprint density at radius 2 is 0.778 bits per heavy atom. The number of furan rings is 2. The zero-order valence-electron chi connectivity index (χ0n) is 19.4. The van der Waals surface area contributed by atoms with Gasteiger partial charge in [-0.25, -0.2) is 0 Å². The Morgan fingerprint density at radius 1 is 0.306 bits per heavy atom. The molecule has 8 aromatic rings. The summed E-state index contributed by atoms with van der Waals surface area (Å²) >= 11 is 0. The summed E-state index contributed by atoms with van der Waals surface area (Å²) in [5.41, 5.74) is 3.91. The molecule has 0 saturated heterocycles. The van der Waals surface area contributed by atoms with Crippen molar-refractivity contribution in [2.45, 2.75) is 0 Å². The van der Waals surface area contributed by atoms with Gasteiger partial charge in [-0.05, 0) is 74.8 Å². The van der Waals surface area contributed by atoms with E-state index in [1.54, 1.807) is 0 Å². The van der Waals surface area contributed by atoms with Crippen LogP contribution in [0.3, 0.4) is 0 Å². The highest BCUT2D eigenvalue weighted by atomic mass is 16.3. The van der Waals surface area contributed by atoms with Crippen LogP contribution in [0.2, 0.25) is 0 Å². The van der Waals surface area contributed by atoms with E-state index in [1.165, 1.54) is 32.3 Å². The number of benzene rings is 6. The van der Waals surface area contributed by atoms with E-state index in [-0.39, 0.29) is 0 Å². The molecule has 0 N–H and O–H groups in total. The summed E-state index contributed by atoms with van der Waals surface area (Å²) in [7, 11) is 0. The van der Waals surface area contributed by atoms with Crippen molar-refractivity contribution in [3.8, 4) is 22.6 Å². The van der Waals surface area contributed by atoms with Crippen LogP contribution >= 0.6 is 0 Å². The van der Waals surface area contributed by atoms with E-state index in [1.807, 2.05) is 24.3 Å². The monoisotopic (exact) mass is 460 g/mol. The van der Waals surface area contributed by atoms with Crippen LogP contribution in [0.15, 0.2) is 130 Å². The molecule has 0 aliphatic heterocycles. The van der Waals surface area contributed by atoms with Gasteiger partial charge in [-0.2, -0.15) is 0 Å². The first-order chi connectivity index (χ1) is 17.8. The highest BCUT2D eigenvalue weighted by molar-refractivity contribution is 6.25. The molecule has 0 atom stereocenters. The Balaban J connectivity index is 1.29. The summed E-state index contributed by atoms with van der Waals surface area (Å²) < 4.78 is 12.4. The summed E-state index contributed by atoms with van der Waals surface area (Å²) in [6.45, 7) is 0. The van der Waals surface area contributed by atoms with Crippen molar-refractivity contribution in [1.82, 2.24) is 0 Å². The van der Waals surface area contributed by atoms with Crippen molar-refractivity contribution in [3.63, 3.8) is 0 Å². The molecule has 0 amide bonds. The smallest absolute Gasteiger partial charge is 0.135 e. The molecule has 6 aromatic carbocycles. The van der Waals surface area contributed by atoms with Crippen LogP contribution in [0.4, 0.5) is 0 Å². The van der Waals surface area contributed by atoms with E-state index < -0.39 is 0 Å². The average Bonchev–Trinajstić information content (AvgIpc) is 3.58. The maximum Gasteiger partial charge on any atom is 0.135 e. The van der Waals surface area contributed by atoms with E-state index >= 15 is 0 Å². The number of rotatable bonds is 2. The fourth-order valence-electron chi connectivity index (χ4n) is 5.59. The molecule has 0 unspecified atom stereocenters. The van der Waals surface area contributed by atoms with Gasteiger partial charge in [0, 0.05) is 21.9 Å². The molecule has 168 valence electrons. The number of hydrogen-bond acceptors (Lipinski definition) is 2. The maximum atomic E-state index is 6.41. The SMILES string of the molecule is c1ccc2c(c1)oc1ccc(-c3ccc(-c4ccc5c6ccccc6c6ccccc6c5c4)o3)cc12. The molecule has 0 fully saturated rings. The van der Waals surface area contributed by atoms with E-state index in [2.05, 4.69) is 97.1 Å². The van der Waals surface area contributed by atoms with Gasteiger partial charge in [-0.1, -0.05) is 78.9 Å². The number of fused-ring (bicyclic) bond motifs is 9. The molecular formula is C34H20O2. The van der Waals surface area contributed by atoms with E-state index in [9.17, 15) is 0 Å². The Bertz CT molecular complexity index is 2070. The molecule has 2 heteroatoms. The minimum absolute atomic E-state index is 0.848. The zero-order chi connectivity index (χ0) is 23.6. The largest absolute Gasteiger partial charge is 0.456 e. The fraction of sp³-hybridized carbons (Fsp3) is 0. The molecule has 0 aliphatic carbocycles. The van der Waals surface area contributed by atoms with Gasteiger partial charge >= 0.3 is 0 Å². The summed E-state index contributed by atoms with van der Waals surface area (Å²) in [4.78, 5) is 0. The predicted octanol–water partition coefficient (Wildman–Crippen LogP) is 9.97. The second-order valence-electron chi connectivity index (χ2n) is 9.32. The Morgan fingerprint density at radius 3 is 1.44 bits per heavy atom. The van der Waals surface area contributed by atoms with E-state index in [4.69, 9.17) is 8.83 Å². The predicted molar refractivity (Wildman–Crippen MR) is 149 cm³/mol. The molecule has 0 aliphatic rings. The molecular weight excluding hydrogens is 440 g/mol. The fourth-order valence-corrected chi connectivity index (χ4v) is 5.59. The van der Waals surface area contributed by atoms with Crippen molar-refractivity contribution < 1.29 is 8.83 Å². The van der Waals surface area contributed by atoms with Gasteiger partial charge in [0.05, 0.1) is 0 Å².